The van der Waals surface area contributed by atoms with Crippen LogP contribution in [0.1, 0.15) is 11.5 Å². The average Bonchev–Trinajstić information content (AvgIpc) is 3.22. The van der Waals surface area contributed by atoms with Crippen LogP contribution in [-0.2, 0) is 25.8 Å². The first-order chi connectivity index (χ1) is 15.8. The number of carbonyl (C=O) groups excluding carboxylic acids is 3. The van der Waals surface area contributed by atoms with Gasteiger partial charge < -0.3 is 25.8 Å². The number of aliphatic carboxylic acids is 1. The fourth-order valence-corrected chi connectivity index (χ4v) is 5.32. The number of oxime groups is 1. The molecule has 4 heterocycles. The zero-order valence-corrected chi connectivity index (χ0v) is 19.2. The number of carboxylic acid groups (broad SMARTS) is 1. The molecule has 0 radical (unpaired) electrons. The van der Waals surface area contributed by atoms with Crippen LogP contribution >= 0.6 is 23.3 Å². The maximum absolute atomic E-state index is 12.9. The minimum Gasteiger partial charge on any atom is -0.543 e. The number of nitrogens with zero attached hydrogens (tertiary/aromatic N) is 5. The molecular weight excluding hydrogens is 470 g/mol. The molecule has 1 unspecified atom stereocenters. The van der Waals surface area contributed by atoms with E-state index < -0.39 is 29.2 Å². The monoisotopic (exact) mass is 489 g/mol. The van der Waals surface area contributed by atoms with Gasteiger partial charge >= 0.3 is 0 Å². The number of nitrogens with one attached hydrogen (secondary N) is 1. The standard InChI is InChI=1S/C19H19N7O5S2/c1-9-5-3-4-6-25(9)7-10-8-32-17-12(16(28)26(17)13(10)18(29)30)21-15(27)11(23-31-2)14-22-19(20)33-24-14/h3-6,12,17H,7-8H2,1-2H3,(H3-,20,21,22,24,27,29,30)/t12?,17-/m0/s1. The van der Waals surface area contributed by atoms with Gasteiger partial charge in [-0.05, 0) is 0 Å². The molecule has 12 nitrogen and oxygen atoms in total. The first-order valence-corrected chi connectivity index (χ1v) is 11.5. The molecule has 1 saturated heterocycles. The van der Waals surface area contributed by atoms with Crippen LogP contribution < -0.4 is 20.7 Å². The summed E-state index contributed by atoms with van der Waals surface area (Å²) in [6.45, 7) is 2.21. The molecule has 2 atom stereocenters. The Kier molecular flexibility index (Phi) is 6.29. The highest BCUT2D eigenvalue weighted by Gasteiger charge is 2.53. The van der Waals surface area contributed by atoms with Crippen LogP contribution in [0.2, 0.25) is 0 Å². The zero-order valence-electron chi connectivity index (χ0n) is 17.5. The second kappa shape index (κ2) is 9.15. The number of carboxylic acids is 1. The maximum atomic E-state index is 12.9. The number of thioether (sulfide) groups is 1. The van der Waals surface area contributed by atoms with E-state index in [1.54, 1.807) is 0 Å². The molecule has 2 aliphatic rings. The van der Waals surface area contributed by atoms with Crippen molar-refractivity contribution in [2.45, 2.75) is 24.9 Å². The van der Waals surface area contributed by atoms with Crippen molar-refractivity contribution in [2.24, 2.45) is 5.16 Å². The third-order valence-electron chi connectivity index (χ3n) is 5.11. The third-order valence-corrected chi connectivity index (χ3v) is 6.99. The highest BCUT2D eigenvalue weighted by atomic mass is 32.2. The van der Waals surface area contributed by atoms with E-state index >= 15 is 0 Å². The van der Waals surface area contributed by atoms with Gasteiger partial charge in [-0.2, -0.15) is 13.9 Å². The SMILES string of the molecule is CON=C(C(=O)NC1C(=O)N2C(C(=O)[O-])=C(C[n+]3ccccc3C)CS[C@@H]12)c1nsc(N)n1. The smallest absolute Gasteiger partial charge is 0.278 e. The van der Waals surface area contributed by atoms with Crippen LogP contribution in [0, 0.1) is 6.92 Å². The molecule has 3 N–H and O–H groups in total. The normalized spacial score (nSPS) is 20.2. The number of nitrogen functional groups attached to an aromatic ring is 1. The summed E-state index contributed by atoms with van der Waals surface area (Å²) in [5, 5.41) is 17.7. The van der Waals surface area contributed by atoms with Gasteiger partial charge in [0.2, 0.25) is 11.5 Å². The molecule has 0 aliphatic carbocycles. The van der Waals surface area contributed by atoms with Gasteiger partial charge in [-0.25, -0.2) is 0 Å². The van der Waals surface area contributed by atoms with Gasteiger partial charge in [-0.1, -0.05) is 11.2 Å². The fourth-order valence-electron chi connectivity index (χ4n) is 3.55. The van der Waals surface area contributed by atoms with Crippen molar-refractivity contribution in [1.82, 2.24) is 19.6 Å². The van der Waals surface area contributed by atoms with E-state index in [-0.39, 0.29) is 22.4 Å². The first-order valence-electron chi connectivity index (χ1n) is 9.66. The predicted molar refractivity (Wildman–Crippen MR) is 116 cm³/mol. The molecule has 0 spiro atoms. The number of hydrogen-bond acceptors (Lipinski definition) is 11. The highest BCUT2D eigenvalue weighted by molar-refractivity contribution is 8.00. The van der Waals surface area contributed by atoms with Crippen molar-refractivity contribution in [1.29, 1.82) is 0 Å². The van der Waals surface area contributed by atoms with E-state index in [0.29, 0.717) is 17.9 Å². The molecule has 14 heteroatoms. The Morgan fingerprint density at radius 3 is 2.88 bits per heavy atom. The van der Waals surface area contributed by atoms with Crippen molar-refractivity contribution in [2.75, 3.05) is 18.6 Å². The number of pyridine rings is 1. The Labute approximate surface area is 196 Å². The molecular formula is C19H19N7O5S2. The van der Waals surface area contributed by atoms with Gasteiger partial charge in [-0.3, -0.25) is 14.5 Å². The van der Waals surface area contributed by atoms with Crippen LogP contribution in [0.4, 0.5) is 5.13 Å². The Balaban J connectivity index is 1.54. The van der Waals surface area contributed by atoms with Crippen LogP contribution in [0.15, 0.2) is 40.8 Å². The molecule has 0 saturated carbocycles. The lowest BCUT2D eigenvalue weighted by molar-refractivity contribution is -0.695. The first kappa shape index (κ1) is 22.7. The minimum absolute atomic E-state index is 0.0374. The van der Waals surface area contributed by atoms with E-state index in [1.807, 2.05) is 35.9 Å². The van der Waals surface area contributed by atoms with Crippen molar-refractivity contribution in [3.05, 3.63) is 47.2 Å². The Bertz CT molecular complexity index is 1190. The molecule has 33 heavy (non-hydrogen) atoms. The number of aromatic nitrogens is 3. The minimum atomic E-state index is -1.44. The molecule has 2 aromatic heterocycles. The van der Waals surface area contributed by atoms with Gasteiger partial charge in [0.15, 0.2) is 23.6 Å². The van der Waals surface area contributed by atoms with Crippen molar-refractivity contribution in [3.63, 3.8) is 0 Å². The summed E-state index contributed by atoms with van der Waals surface area (Å²) >= 11 is 2.23. The van der Waals surface area contributed by atoms with E-state index in [9.17, 15) is 19.5 Å². The van der Waals surface area contributed by atoms with E-state index in [0.717, 1.165) is 22.1 Å². The van der Waals surface area contributed by atoms with Crippen LogP contribution in [0.3, 0.4) is 0 Å². The summed E-state index contributed by atoms with van der Waals surface area (Å²) in [5.74, 6) is -2.42. The zero-order chi connectivity index (χ0) is 23.7. The van der Waals surface area contributed by atoms with Crippen LogP contribution in [0.25, 0.3) is 0 Å². The fraction of sp³-hybridized carbons (Fsp3) is 0.316. The summed E-state index contributed by atoms with van der Waals surface area (Å²) in [6.07, 6.45) is 1.84. The number of anilines is 1. The van der Waals surface area contributed by atoms with Crippen molar-refractivity contribution >= 4 is 51.9 Å². The molecule has 2 aliphatic heterocycles. The number of β-lactam (4-membered cyclic amide) rings is 1. The second-order valence-corrected chi connectivity index (χ2v) is 9.04. The maximum Gasteiger partial charge on any atom is 0.278 e. The molecule has 2 amide bonds. The van der Waals surface area contributed by atoms with E-state index in [1.165, 1.54) is 18.9 Å². The quantitative estimate of drug-likeness (QED) is 0.197. The molecule has 0 aromatic carbocycles. The number of carbonyl (C=O) groups is 3. The number of hydrogen-bond donors (Lipinski definition) is 2. The van der Waals surface area contributed by atoms with Gasteiger partial charge in [0.05, 0.1) is 11.7 Å². The van der Waals surface area contributed by atoms with Gasteiger partial charge in [0, 0.05) is 41.9 Å². The van der Waals surface area contributed by atoms with Crippen molar-refractivity contribution < 1.29 is 28.9 Å². The van der Waals surface area contributed by atoms with Crippen LogP contribution in [-0.4, -0.2) is 62.0 Å². The number of fused-ring (bicyclic) bond motifs is 1. The van der Waals surface area contributed by atoms with E-state index in [4.69, 9.17) is 10.6 Å². The summed E-state index contributed by atoms with van der Waals surface area (Å²) in [6, 6.07) is 4.68. The summed E-state index contributed by atoms with van der Waals surface area (Å²) in [7, 11) is 1.25. The lowest BCUT2D eigenvalue weighted by Gasteiger charge is -2.50. The number of rotatable bonds is 7. The third kappa shape index (κ3) is 4.26. The summed E-state index contributed by atoms with van der Waals surface area (Å²) < 4.78 is 5.83. The molecule has 0 bridgehead atoms. The molecule has 4 rings (SSSR count). The topological polar surface area (TPSA) is 167 Å². The summed E-state index contributed by atoms with van der Waals surface area (Å²) in [5.41, 5.74) is 6.65. The lowest BCUT2D eigenvalue weighted by Crippen LogP contribution is -2.71. The summed E-state index contributed by atoms with van der Waals surface area (Å²) in [4.78, 5) is 47.4. The number of aryl methyl sites for hydroxylation is 1. The van der Waals surface area contributed by atoms with Gasteiger partial charge in [0.1, 0.15) is 18.5 Å². The van der Waals surface area contributed by atoms with E-state index in [2.05, 4.69) is 19.8 Å². The van der Waals surface area contributed by atoms with Crippen molar-refractivity contribution in [3.8, 4) is 0 Å². The van der Waals surface area contributed by atoms with Crippen LogP contribution in [0.5, 0.6) is 0 Å². The number of amides is 2. The Morgan fingerprint density at radius 2 is 2.24 bits per heavy atom. The molecule has 1 fully saturated rings. The molecule has 2 aromatic rings. The lowest BCUT2D eigenvalue weighted by atomic mass is 10.0. The average molecular weight is 490 g/mol. The second-order valence-electron chi connectivity index (χ2n) is 7.15. The largest absolute Gasteiger partial charge is 0.543 e. The van der Waals surface area contributed by atoms with Gasteiger partial charge in [-0.15, -0.1) is 11.8 Å². The Morgan fingerprint density at radius 1 is 1.45 bits per heavy atom. The number of nitrogens with two attached hydrogens (primary N) is 1. The highest BCUT2D eigenvalue weighted by Crippen LogP contribution is 2.40. The van der Waals surface area contributed by atoms with Gasteiger partial charge in [0.25, 0.3) is 11.8 Å². The Hall–Kier alpha value is -3.52. The predicted octanol–water partition coefficient (Wildman–Crippen LogP) is -1.83. The molecule has 172 valence electrons.